The third kappa shape index (κ3) is 5.24. The number of ether oxygens (including phenoxy) is 2. The van der Waals surface area contributed by atoms with Crippen molar-refractivity contribution in [3.05, 3.63) is 66.7 Å². The number of nitrogens with zero attached hydrogens (tertiary/aromatic N) is 1. The number of aromatic hydroxyl groups is 2. The second-order valence-corrected chi connectivity index (χ2v) is 7.55. The number of benzene rings is 3. The third-order valence-electron chi connectivity index (χ3n) is 5.32. The van der Waals surface area contributed by atoms with Crippen molar-refractivity contribution >= 4 is 0 Å². The monoisotopic (exact) mass is 405 g/mol. The Morgan fingerprint density at radius 2 is 1.40 bits per heavy atom. The molecule has 0 amide bonds. The summed E-state index contributed by atoms with van der Waals surface area (Å²) in [5, 5.41) is 19.4. The zero-order valence-electron chi connectivity index (χ0n) is 17.0. The zero-order chi connectivity index (χ0) is 20.8. The van der Waals surface area contributed by atoms with Gasteiger partial charge in [0, 0.05) is 12.1 Å². The number of piperidine rings is 1. The number of likely N-dealkylation sites (tertiary alicyclic amines) is 1. The molecule has 0 unspecified atom stereocenters. The van der Waals surface area contributed by atoms with Gasteiger partial charge in [-0.1, -0.05) is 18.6 Å². The number of phenols is 2. The summed E-state index contributed by atoms with van der Waals surface area (Å²) in [5.41, 5.74) is 1.59. The first-order chi connectivity index (χ1) is 14.7. The fourth-order valence-electron chi connectivity index (χ4n) is 3.68. The van der Waals surface area contributed by atoms with Crippen LogP contribution in [0.3, 0.4) is 0 Å². The van der Waals surface area contributed by atoms with Gasteiger partial charge in [0.15, 0.2) is 0 Å². The Kier molecular flexibility index (Phi) is 6.40. The molecule has 3 aromatic carbocycles. The Balaban J connectivity index is 1.40. The molecule has 4 rings (SSSR count). The lowest BCUT2D eigenvalue weighted by Gasteiger charge is -2.26. The molecule has 5 nitrogen and oxygen atoms in total. The maximum atomic E-state index is 9.91. The van der Waals surface area contributed by atoms with Gasteiger partial charge in [-0.25, -0.2) is 0 Å². The van der Waals surface area contributed by atoms with Crippen LogP contribution in [0.2, 0.25) is 0 Å². The molecule has 2 N–H and O–H groups in total. The van der Waals surface area contributed by atoms with Crippen LogP contribution < -0.4 is 9.47 Å². The van der Waals surface area contributed by atoms with Gasteiger partial charge in [0.1, 0.15) is 35.4 Å². The van der Waals surface area contributed by atoms with E-state index in [0.717, 1.165) is 23.4 Å². The van der Waals surface area contributed by atoms with E-state index in [1.807, 2.05) is 24.3 Å². The summed E-state index contributed by atoms with van der Waals surface area (Å²) in [5.74, 6) is 2.48. The van der Waals surface area contributed by atoms with Crippen LogP contribution in [0.5, 0.6) is 28.7 Å². The molecule has 156 valence electrons. The minimum absolute atomic E-state index is 0.155. The van der Waals surface area contributed by atoms with E-state index >= 15 is 0 Å². The summed E-state index contributed by atoms with van der Waals surface area (Å²) in [4.78, 5) is 2.46. The number of phenolic OH excluding ortho intramolecular Hbond substituents is 2. The maximum Gasteiger partial charge on any atom is 0.135 e. The fraction of sp³-hybridized carbons (Fsp3) is 0.280. The Bertz CT molecular complexity index is 948. The predicted molar refractivity (Wildman–Crippen MR) is 118 cm³/mol. The molecule has 0 saturated carbocycles. The summed E-state index contributed by atoms with van der Waals surface area (Å²) in [7, 11) is 0. The summed E-state index contributed by atoms with van der Waals surface area (Å²) in [6.45, 7) is 3.99. The largest absolute Gasteiger partial charge is 0.508 e. The standard InChI is InChI=1S/C25H27NO4/c27-20-6-4-19(5-7-20)24-18-21(28)8-13-25(24)30-23-11-9-22(10-12-23)29-17-16-26-14-2-1-3-15-26/h4-13,18,27-28H,1-3,14-17H2. The first kappa shape index (κ1) is 20.1. The highest BCUT2D eigenvalue weighted by atomic mass is 16.5. The van der Waals surface area contributed by atoms with E-state index < -0.39 is 0 Å². The average Bonchev–Trinajstić information content (AvgIpc) is 2.77. The molecule has 0 spiro atoms. The number of rotatable bonds is 7. The highest BCUT2D eigenvalue weighted by molar-refractivity contribution is 5.72. The zero-order valence-corrected chi connectivity index (χ0v) is 17.0. The van der Waals surface area contributed by atoms with Crippen LogP contribution in [0.4, 0.5) is 0 Å². The second kappa shape index (κ2) is 9.55. The minimum Gasteiger partial charge on any atom is -0.508 e. The van der Waals surface area contributed by atoms with E-state index in [0.29, 0.717) is 18.1 Å². The van der Waals surface area contributed by atoms with Crippen LogP contribution >= 0.6 is 0 Å². The Morgan fingerprint density at radius 3 is 2.13 bits per heavy atom. The normalized spacial score (nSPS) is 14.4. The molecule has 0 aromatic heterocycles. The number of hydrogen-bond donors (Lipinski definition) is 2. The minimum atomic E-state index is 0.155. The van der Waals surface area contributed by atoms with Crippen molar-refractivity contribution in [3.63, 3.8) is 0 Å². The van der Waals surface area contributed by atoms with Crippen molar-refractivity contribution in [2.24, 2.45) is 0 Å². The van der Waals surface area contributed by atoms with Gasteiger partial charge in [-0.15, -0.1) is 0 Å². The van der Waals surface area contributed by atoms with E-state index in [9.17, 15) is 10.2 Å². The maximum absolute atomic E-state index is 9.91. The van der Waals surface area contributed by atoms with Gasteiger partial charge in [0.05, 0.1) is 0 Å². The predicted octanol–water partition coefficient (Wildman–Crippen LogP) is 5.42. The van der Waals surface area contributed by atoms with Crippen LogP contribution in [0.25, 0.3) is 11.1 Å². The van der Waals surface area contributed by atoms with E-state index in [4.69, 9.17) is 9.47 Å². The van der Waals surface area contributed by atoms with Crippen molar-refractivity contribution in [1.82, 2.24) is 4.90 Å². The topological polar surface area (TPSA) is 62.2 Å². The third-order valence-corrected chi connectivity index (χ3v) is 5.32. The van der Waals surface area contributed by atoms with Gasteiger partial charge in [-0.05, 0) is 86.1 Å². The molecule has 5 heteroatoms. The van der Waals surface area contributed by atoms with Gasteiger partial charge >= 0.3 is 0 Å². The quantitative estimate of drug-likeness (QED) is 0.549. The van der Waals surface area contributed by atoms with Gasteiger partial charge in [-0.2, -0.15) is 0 Å². The smallest absolute Gasteiger partial charge is 0.135 e. The molecular formula is C25H27NO4. The van der Waals surface area contributed by atoms with Crippen LogP contribution in [-0.4, -0.2) is 41.4 Å². The molecule has 1 saturated heterocycles. The van der Waals surface area contributed by atoms with E-state index in [1.165, 1.54) is 32.4 Å². The molecular weight excluding hydrogens is 378 g/mol. The van der Waals surface area contributed by atoms with Crippen LogP contribution in [0.1, 0.15) is 19.3 Å². The molecule has 0 aliphatic carbocycles. The van der Waals surface area contributed by atoms with Crippen molar-refractivity contribution in [2.75, 3.05) is 26.2 Å². The fourth-order valence-corrected chi connectivity index (χ4v) is 3.68. The first-order valence-electron chi connectivity index (χ1n) is 10.4. The molecule has 0 radical (unpaired) electrons. The van der Waals surface area contributed by atoms with Gasteiger partial charge in [-0.3, -0.25) is 4.90 Å². The Hall–Kier alpha value is -3.18. The highest BCUT2D eigenvalue weighted by Crippen LogP contribution is 2.36. The lowest BCUT2D eigenvalue weighted by Crippen LogP contribution is -2.33. The molecule has 30 heavy (non-hydrogen) atoms. The van der Waals surface area contributed by atoms with E-state index in [1.54, 1.807) is 42.5 Å². The van der Waals surface area contributed by atoms with Crippen molar-refractivity contribution in [2.45, 2.75) is 19.3 Å². The van der Waals surface area contributed by atoms with E-state index in [-0.39, 0.29) is 11.5 Å². The molecule has 3 aromatic rings. The lowest BCUT2D eigenvalue weighted by atomic mass is 10.0. The first-order valence-corrected chi connectivity index (χ1v) is 10.4. The van der Waals surface area contributed by atoms with Gasteiger partial charge < -0.3 is 19.7 Å². The number of hydrogen-bond acceptors (Lipinski definition) is 5. The van der Waals surface area contributed by atoms with Crippen LogP contribution in [-0.2, 0) is 0 Å². The summed E-state index contributed by atoms with van der Waals surface area (Å²) < 4.78 is 11.9. The summed E-state index contributed by atoms with van der Waals surface area (Å²) >= 11 is 0. The summed E-state index contributed by atoms with van der Waals surface area (Å²) in [6, 6.07) is 19.4. The van der Waals surface area contributed by atoms with Crippen molar-refractivity contribution in [1.29, 1.82) is 0 Å². The second-order valence-electron chi connectivity index (χ2n) is 7.55. The van der Waals surface area contributed by atoms with Gasteiger partial charge in [0.25, 0.3) is 0 Å². The Labute approximate surface area is 177 Å². The molecule has 0 bridgehead atoms. The van der Waals surface area contributed by atoms with Crippen molar-refractivity contribution in [3.8, 4) is 39.9 Å². The van der Waals surface area contributed by atoms with E-state index in [2.05, 4.69) is 4.90 Å². The highest BCUT2D eigenvalue weighted by Gasteiger charge is 2.11. The SMILES string of the molecule is Oc1ccc(-c2cc(O)ccc2Oc2ccc(OCCN3CCCCC3)cc2)cc1. The molecule has 1 heterocycles. The molecule has 1 aliphatic heterocycles. The average molecular weight is 405 g/mol. The van der Waals surface area contributed by atoms with Crippen LogP contribution in [0, 0.1) is 0 Å². The molecule has 0 atom stereocenters. The summed E-state index contributed by atoms with van der Waals surface area (Å²) in [6.07, 6.45) is 3.92. The molecule has 1 aliphatic rings. The lowest BCUT2D eigenvalue weighted by molar-refractivity contribution is 0.183. The van der Waals surface area contributed by atoms with Crippen LogP contribution in [0.15, 0.2) is 66.7 Å². The molecule has 1 fully saturated rings. The van der Waals surface area contributed by atoms with Crippen molar-refractivity contribution < 1.29 is 19.7 Å². The Morgan fingerprint density at radius 1 is 0.733 bits per heavy atom. The van der Waals surface area contributed by atoms with Gasteiger partial charge in [0.2, 0.25) is 0 Å².